The monoisotopic (exact) mass is 489 g/mol. The van der Waals surface area contributed by atoms with E-state index in [0.29, 0.717) is 6.42 Å². The molecular formula is C28H43NO6. The van der Waals surface area contributed by atoms with E-state index in [9.17, 15) is 14.7 Å². The third-order valence-electron chi connectivity index (χ3n) is 12.3. The highest BCUT2D eigenvalue weighted by Gasteiger charge is 2.88. The van der Waals surface area contributed by atoms with Crippen LogP contribution in [0.4, 0.5) is 0 Å². The summed E-state index contributed by atoms with van der Waals surface area (Å²) in [6.07, 6.45) is 3.77. The maximum Gasteiger partial charge on any atom is 0.338 e. The van der Waals surface area contributed by atoms with E-state index in [1.165, 1.54) is 6.92 Å². The zero-order valence-electron chi connectivity index (χ0n) is 22.2. The Balaban J connectivity index is 1.50. The first-order valence-electron chi connectivity index (χ1n) is 13.8. The van der Waals surface area contributed by atoms with Crippen molar-refractivity contribution < 1.29 is 28.9 Å². The molecule has 0 aromatic heterocycles. The lowest BCUT2D eigenvalue weighted by molar-refractivity contribution is -0.276. The molecule has 6 fully saturated rings. The lowest BCUT2D eigenvalue weighted by Gasteiger charge is -2.70. The molecule has 2 N–H and O–H groups in total. The molecule has 196 valence electrons. The highest BCUT2D eigenvalue weighted by atomic mass is 16.7. The van der Waals surface area contributed by atoms with Gasteiger partial charge < -0.3 is 24.6 Å². The number of cyclic esters (lactones) is 1. The normalized spacial score (nSPS) is 56.1. The molecule has 6 aliphatic rings. The molecule has 3 saturated heterocycles. The molecule has 35 heavy (non-hydrogen) atoms. The fourth-order valence-electron chi connectivity index (χ4n) is 10.6. The lowest BCUT2D eigenvalue weighted by atomic mass is 9.34. The first-order valence-corrected chi connectivity index (χ1v) is 13.8. The van der Waals surface area contributed by atoms with E-state index in [0.717, 1.165) is 45.2 Å². The minimum absolute atomic E-state index is 0.0352. The number of carbonyl (C=O) groups excluding carboxylic acids is 2. The van der Waals surface area contributed by atoms with E-state index in [1.54, 1.807) is 0 Å². The number of fused-ring (bicyclic) bond motifs is 3. The summed E-state index contributed by atoms with van der Waals surface area (Å²) in [6, 6.07) is 0. The Morgan fingerprint density at radius 2 is 1.83 bits per heavy atom. The Morgan fingerprint density at radius 1 is 1.09 bits per heavy atom. The van der Waals surface area contributed by atoms with Crippen LogP contribution < -0.4 is 5.32 Å². The number of hydrogen-bond donors (Lipinski definition) is 2. The number of aliphatic hydroxyl groups is 1. The van der Waals surface area contributed by atoms with Crippen LogP contribution in [-0.4, -0.2) is 60.2 Å². The van der Waals surface area contributed by atoms with Gasteiger partial charge in [-0.2, -0.15) is 0 Å². The standard InChI is InChI=1S/C28H43NO6/c1-15(30)33-20-13-18-24(2,3)19(31)8-10-25(18,4)17-7-11-26(5)21(16-9-12-29-14-16)34-23(32)22-28(26,35-22)27(17,20)6/h16-22,29,31H,7-14H2,1-6H3/t16?,17?,18?,19-,20-,21+,22?,25-,26+,27+,28?/m1/s1. The van der Waals surface area contributed by atoms with Crippen molar-refractivity contribution in [3.8, 4) is 0 Å². The smallest absolute Gasteiger partial charge is 0.338 e. The highest BCUT2D eigenvalue weighted by Crippen LogP contribution is 2.79. The largest absolute Gasteiger partial charge is 0.462 e. The van der Waals surface area contributed by atoms with E-state index in [1.807, 2.05) is 0 Å². The van der Waals surface area contributed by atoms with E-state index in [4.69, 9.17) is 14.2 Å². The van der Waals surface area contributed by atoms with E-state index < -0.39 is 17.1 Å². The minimum atomic E-state index is -0.695. The summed E-state index contributed by atoms with van der Waals surface area (Å²) in [7, 11) is 0. The number of carbonyl (C=O) groups is 2. The molecule has 3 saturated carbocycles. The van der Waals surface area contributed by atoms with Gasteiger partial charge in [0.15, 0.2) is 6.10 Å². The van der Waals surface area contributed by atoms with Gasteiger partial charge in [-0.05, 0) is 67.7 Å². The van der Waals surface area contributed by atoms with Crippen molar-refractivity contribution in [1.82, 2.24) is 5.32 Å². The number of esters is 2. The van der Waals surface area contributed by atoms with Gasteiger partial charge >= 0.3 is 11.9 Å². The first-order chi connectivity index (χ1) is 16.3. The Labute approximate surface area is 209 Å². The molecule has 1 spiro atoms. The third kappa shape index (κ3) is 2.73. The number of aliphatic hydroxyl groups excluding tert-OH is 1. The fraction of sp³-hybridized carbons (Fsp3) is 0.929. The molecule has 0 amide bonds. The summed E-state index contributed by atoms with van der Waals surface area (Å²) < 4.78 is 19.0. The van der Waals surface area contributed by atoms with Gasteiger partial charge in [0.05, 0.1) is 6.10 Å². The number of rotatable bonds is 2. The summed E-state index contributed by atoms with van der Waals surface area (Å²) in [5.41, 5.74) is -1.85. The van der Waals surface area contributed by atoms with Crippen LogP contribution in [0.3, 0.4) is 0 Å². The van der Waals surface area contributed by atoms with Crippen LogP contribution in [0.25, 0.3) is 0 Å². The van der Waals surface area contributed by atoms with Gasteiger partial charge in [0, 0.05) is 30.2 Å². The molecule has 0 bridgehead atoms. The molecular weight excluding hydrogens is 446 g/mol. The van der Waals surface area contributed by atoms with E-state index in [2.05, 4.69) is 39.9 Å². The molecule has 11 atom stereocenters. The number of ether oxygens (including phenoxy) is 3. The van der Waals surface area contributed by atoms with Crippen molar-refractivity contribution in [2.75, 3.05) is 13.1 Å². The highest BCUT2D eigenvalue weighted by molar-refractivity contribution is 5.82. The molecule has 6 rings (SSSR count). The van der Waals surface area contributed by atoms with Gasteiger partial charge in [0.2, 0.25) is 0 Å². The van der Waals surface area contributed by atoms with Gasteiger partial charge in [-0.25, -0.2) is 4.79 Å². The zero-order chi connectivity index (χ0) is 25.2. The second-order valence-corrected chi connectivity index (χ2v) is 13.9. The quantitative estimate of drug-likeness (QED) is 0.454. The van der Waals surface area contributed by atoms with Crippen LogP contribution in [-0.2, 0) is 23.8 Å². The summed E-state index contributed by atoms with van der Waals surface area (Å²) >= 11 is 0. The summed E-state index contributed by atoms with van der Waals surface area (Å²) in [5, 5.41) is 14.5. The van der Waals surface area contributed by atoms with Crippen molar-refractivity contribution in [3.05, 3.63) is 0 Å². The molecule has 3 heterocycles. The van der Waals surface area contributed by atoms with Gasteiger partial charge in [-0.3, -0.25) is 4.79 Å². The molecule has 0 aromatic rings. The van der Waals surface area contributed by atoms with Crippen molar-refractivity contribution in [3.63, 3.8) is 0 Å². The van der Waals surface area contributed by atoms with Gasteiger partial charge in [-0.15, -0.1) is 0 Å². The predicted octanol–water partition coefficient (Wildman–Crippen LogP) is 3.22. The van der Waals surface area contributed by atoms with Crippen LogP contribution >= 0.6 is 0 Å². The van der Waals surface area contributed by atoms with E-state index in [-0.39, 0.29) is 64.2 Å². The Kier molecular flexibility index (Phi) is 4.99. The summed E-state index contributed by atoms with van der Waals surface area (Å²) in [6.45, 7) is 14.6. The van der Waals surface area contributed by atoms with Gasteiger partial charge in [0.25, 0.3) is 0 Å². The molecule has 7 nitrogen and oxygen atoms in total. The van der Waals surface area contributed by atoms with Crippen molar-refractivity contribution in [1.29, 1.82) is 0 Å². The van der Waals surface area contributed by atoms with E-state index >= 15 is 0 Å². The predicted molar refractivity (Wildman–Crippen MR) is 128 cm³/mol. The topological polar surface area (TPSA) is 97.4 Å². The third-order valence-corrected chi connectivity index (χ3v) is 12.3. The van der Waals surface area contributed by atoms with Crippen LogP contribution in [0, 0.1) is 39.4 Å². The SMILES string of the molecule is CC(=O)O[C@@H]1CC2C(C)(C)[C@H](O)CC[C@]2(C)C2CC[C@@]3(C)[C@H](C4CCNC4)OC(=O)C4OC43[C@@]21C. The number of hydrogen-bond acceptors (Lipinski definition) is 7. The van der Waals surface area contributed by atoms with Gasteiger partial charge in [-0.1, -0.05) is 34.6 Å². The average Bonchev–Trinajstić information content (AvgIpc) is 3.35. The summed E-state index contributed by atoms with van der Waals surface area (Å²) in [5.74, 6) is 0.174. The van der Waals surface area contributed by atoms with Crippen LogP contribution in [0.5, 0.6) is 0 Å². The molecule has 0 radical (unpaired) electrons. The zero-order valence-corrected chi connectivity index (χ0v) is 22.2. The second-order valence-electron chi connectivity index (χ2n) is 13.9. The van der Waals surface area contributed by atoms with Crippen molar-refractivity contribution in [2.45, 2.75) is 110 Å². The second kappa shape index (κ2) is 7.22. The Hall–Kier alpha value is -1.18. The molecule has 0 aromatic carbocycles. The molecule has 3 aliphatic heterocycles. The van der Waals surface area contributed by atoms with Crippen LogP contribution in [0.2, 0.25) is 0 Å². The Morgan fingerprint density at radius 3 is 2.49 bits per heavy atom. The molecule has 5 unspecified atom stereocenters. The first kappa shape index (κ1) is 24.2. The minimum Gasteiger partial charge on any atom is -0.462 e. The van der Waals surface area contributed by atoms with Crippen molar-refractivity contribution >= 4 is 11.9 Å². The number of epoxide rings is 1. The van der Waals surface area contributed by atoms with Gasteiger partial charge in [0.1, 0.15) is 17.8 Å². The average molecular weight is 490 g/mol. The maximum absolute atomic E-state index is 13.3. The Bertz CT molecular complexity index is 946. The van der Waals surface area contributed by atoms with Crippen LogP contribution in [0.1, 0.15) is 80.1 Å². The number of nitrogens with one attached hydrogen (secondary N) is 1. The van der Waals surface area contributed by atoms with Crippen LogP contribution in [0.15, 0.2) is 0 Å². The summed E-state index contributed by atoms with van der Waals surface area (Å²) in [4.78, 5) is 25.8. The molecule has 7 heteroatoms. The lowest BCUT2D eigenvalue weighted by Crippen LogP contribution is -2.75. The van der Waals surface area contributed by atoms with Crippen molar-refractivity contribution in [2.24, 2.45) is 39.4 Å². The maximum atomic E-state index is 13.3. The molecule has 3 aliphatic carbocycles. The fourth-order valence-corrected chi connectivity index (χ4v) is 10.6.